The number of carbonyl (C=O) groups excluding carboxylic acids is 1. The highest BCUT2D eigenvalue weighted by molar-refractivity contribution is 7.13. The van der Waals surface area contributed by atoms with Crippen molar-refractivity contribution in [2.24, 2.45) is 0 Å². The summed E-state index contributed by atoms with van der Waals surface area (Å²) in [5.74, 6) is 0.806. The molecule has 0 aliphatic rings. The van der Waals surface area contributed by atoms with Crippen molar-refractivity contribution >= 4 is 17.6 Å². The zero-order valence-electron chi connectivity index (χ0n) is 9.77. The Labute approximate surface area is 104 Å². The number of hydrogen-bond acceptors (Lipinski definition) is 4. The van der Waals surface area contributed by atoms with E-state index in [1.54, 1.807) is 0 Å². The van der Waals surface area contributed by atoms with Gasteiger partial charge in [0.1, 0.15) is 5.75 Å². The molecule has 0 saturated carbocycles. The molecule has 0 bridgehead atoms. The molecule has 17 heavy (non-hydrogen) atoms. The van der Waals surface area contributed by atoms with Crippen molar-refractivity contribution in [3.8, 4) is 17.0 Å². The number of benzene rings is 1. The predicted octanol–water partition coefficient (Wildman–Crippen LogP) is 3.33. The van der Waals surface area contributed by atoms with Crippen LogP contribution in [0.2, 0.25) is 0 Å². The number of hydrogen-bond donors (Lipinski definition) is 0. The minimum atomic E-state index is 0.504. The fourth-order valence-electron chi connectivity index (χ4n) is 1.66. The lowest BCUT2D eigenvalue weighted by Crippen LogP contribution is -1.94. The number of thiazole rings is 1. The minimum absolute atomic E-state index is 0.504. The van der Waals surface area contributed by atoms with Crippen molar-refractivity contribution in [2.75, 3.05) is 6.61 Å². The molecule has 0 saturated heterocycles. The SMILES string of the molecule is CCOc1ccccc1-c1nc(C=O)sc1C. The molecule has 4 heteroatoms. The van der Waals surface area contributed by atoms with Crippen LogP contribution in [0.25, 0.3) is 11.3 Å². The number of carbonyl (C=O) groups is 1. The third-order valence-electron chi connectivity index (χ3n) is 2.36. The molecule has 2 rings (SSSR count). The summed E-state index contributed by atoms with van der Waals surface area (Å²) in [5, 5.41) is 0.504. The van der Waals surface area contributed by atoms with E-state index in [4.69, 9.17) is 4.74 Å². The van der Waals surface area contributed by atoms with Crippen LogP contribution in [0.5, 0.6) is 5.75 Å². The van der Waals surface area contributed by atoms with Crippen molar-refractivity contribution in [3.63, 3.8) is 0 Å². The van der Waals surface area contributed by atoms with Gasteiger partial charge in [-0.1, -0.05) is 12.1 Å². The zero-order chi connectivity index (χ0) is 12.3. The molecule has 0 amide bonds. The quantitative estimate of drug-likeness (QED) is 0.778. The van der Waals surface area contributed by atoms with Crippen LogP contribution in [0.3, 0.4) is 0 Å². The summed E-state index contributed by atoms with van der Waals surface area (Å²) in [5.41, 5.74) is 1.78. The van der Waals surface area contributed by atoms with Crippen LogP contribution in [0.1, 0.15) is 21.6 Å². The summed E-state index contributed by atoms with van der Waals surface area (Å²) in [6.45, 7) is 4.52. The number of nitrogens with zero attached hydrogens (tertiary/aromatic N) is 1. The Morgan fingerprint density at radius 3 is 2.82 bits per heavy atom. The van der Waals surface area contributed by atoms with E-state index in [1.807, 2.05) is 38.1 Å². The van der Waals surface area contributed by atoms with E-state index < -0.39 is 0 Å². The maximum atomic E-state index is 10.7. The van der Waals surface area contributed by atoms with Gasteiger partial charge in [-0.3, -0.25) is 4.79 Å². The normalized spacial score (nSPS) is 10.2. The second-order valence-electron chi connectivity index (χ2n) is 3.50. The first-order valence-corrected chi connectivity index (χ1v) is 6.22. The lowest BCUT2D eigenvalue weighted by molar-refractivity contribution is 0.112. The average molecular weight is 247 g/mol. The van der Waals surface area contributed by atoms with Gasteiger partial charge in [-0.25, -0.2) is 4.98 Å². The summed E-state index contributed by atoms with van der Waals surface area (Å²) in [4.78, 5) is 16.1. The monoisotopic (exact) mass is 247 g/mol. The number of rotatable bonds is 4. The van der Waals surface area contributed by atoms with Crippen LogP contribution in [0, 0.1) is 6.92 Å². The molecule has 1 heterocycles. The van der Waals surface area contributed by atoms with Gasteiger partial charge < -0.3 is 4.74 Å². The van der Waals surface area contributed by atoms with Gasteiger partial charge in [0.25, 0.3) is 0 Å². The largest absolute Gasteiger partial charge is 0.493 e. The molecule has 0 aliphatic heterocycles. The Morgan fingerprint density at radius 1 is 1.41 bits per heavy atom. The number of aromatic nitrogens is 1. The third kappa shape index (κ3) is 2.36. The van der Waals surface area contributed by atoms with Crippen molar-refractivity contribution < 1.29 is 9.53 Å². The first kappa shape index (κ1) is 11.8. The fraction of sp³-hybridized carbons (Fsp3) is 0.231. The molecule has 0 atom stereocenters. The maximum Gasteiger partial charge on any atom is 0.178 e. The van der Waals surface area contributed by atoms with E-state index in [-0.39, 0.29) is 0 Å². The summed E-state index contributed by atoms with van der Waals surface area (Å²) in [6.07, 6.45) is 0.782. The lowest BCUT2D eigenvalue weighted by atomic mass is 10.1. The van der Waals surface area contributed by atoms with Gasteiger partial charge in [-0.05, 0) is 26.0 Å². The molecule has 1 aromatic heterocycles. The van der Waals surface area contributed by atoms with Gasteiger partial charge in [0.2, 0.25) is 0 Å². The topological polar surface area (TPSA) is 39.2 Å². The van der Waals surface area contributed by atoms with E-state index in [1.165, 1.54) is 11.3 Å². The van der Waals surface area contributed by atoms with Crippen LogP contribution in [-0.4, -0.2) is 17.9 Å². The van der Waals surface area contributed by atoms with Gasteiger partial charge >= 0.3 is 0 Å². The Morgan fingerprint density at radius 2 is 2.18 bits per heavy atom. The zero-order valence-corrected chi connectivity index (χ0v) is 10.6. The van der Waals surface area contributed by atoms with E-state index in [0.717, 1.165) is 28.2 Å². The third-order valence-corrected chi connectivity index (χ3v) is 3.25. The molecular weight excluding hydrogens is 234 g/mol. The molecule has 0 fully saturated rings. The molecule has 0 aliphatic carbocycles. The molecule has 88 valence electrons. The molecule has 1 aromatic carbocycles. The van der Waals surface area contributed by atoms with E-state index in [0.29, 0.717) is 11.6 Å². The van der Waals surface area contributed by atoms with Crippen LogP contribution in [0.15, 0.2) is 24.3 Å². The van der Waals surface area contributed by atoms with E-state index >= 15 is 0 Å². The minimum Gasteiger partial charge on any atom is -0.493 e. The summed E-state index contributed by atoms with van der Waals surface area (Å²) >= 11 is 1.40. The van der Waals surface area contributed by atoms with Gasteiger partial charge in [0.05, 0.1) is 12.3 Å². The highest BCUT2D eigenvalue weighted by Crippen LogP contribution is 2.33. The number of aldehydes is 1. The second-order valence-corrected chi connectivity index (χ2v) is 4.74. The average Bonchev–Trinajstić information content (AvgIpc) is 2.72. The van der Waals surface area contributed by atoms with Crippen LogP contribution < -0.4 is 4.74 Å². The Balaban J connectivity index is 2.51. The molecule has 3 nitrogen and oxygen atoms in total. The highest BCUT2D eigenvalue weighted by Gasteiger charge is 2.13. The Bertz CT molecular complexity index is 534. The van der Waals surface area contributed by atoms with Crippen LogP contribution >= 0.6 is 11.3 Å². The Hall–Kier alpha value is -1.68. The van der Waals surface area contributed by atoms with E-state index in [9.17, 15) is 4.79 Å². The van der Waals surface area contributed by atoms with Crippen LogP contribution in [0.4, 0.5) is 0 Å². The van der Waals surface area contributed by atoms with Gasteiger partial charge in [0.15, 0.2) is 11.3 Å². The highest BCUT2D eigenvalue weighted by atomic mass is 32.1. The van der Waals surface area contributed by atoms with Crippen LogP contribution in [-0.2, 0) is 0 Å². The van der Waals surface area contributed by atoms with Gasteiger partial charge in [-0.2, -0.15) is 0 Å². The van der Waals surface area contributed by atoms with Crippen molar-refractivity contribution in [1.82, 2.24) is 4.98 Å². The predicted molar refractivity (Wildman–Crippen MR) is 68.8 cm³/mol. The maximum absolute atomic E-state index is 10.7. The van der Waals surface area contributed by atoms with E-state index in [2.05, 4.69) is 4.98 Å². The summed E-state index contributed by atoms with van der Waals surface area (Å²) < 4.78 is 5.57. The standard InChI is InChI=1S/C13H13NO2S/c1-3-16-11-7-5-4-6-10(11)13-9(2)17-12(8-15)14-13/h4-8H,3H2,1-2H3. The molecule has 0 radical (unpaired) electrons. The van der Waals surface area contributed by atoms with Crippen molar-refractivity contribution in [1.29, 1.82) is 0 Å². The lowest BCUT2D eigenvalue weighted by Gasteiger charge is -2.08. The van der Waals surface area contributed by atoms with Crippen molar-refractivity contribution in [2.45, 2.75) is 13.8 Å². The molecule has 0 N–H and O–H groups in total. The first-order chi connectivity index (χ1) is 8.26. The fourth-order valence-corrected chi connectivity index (χ4v) is 2.41. The molecule has 0 spiro atoms. The smallest absolute Gasteiger partial charge is 0.178 e. The van der Waals surface area contributed by atoms with Gasteiger partial charge in [-0.15, -0.1) is 11.3 Å². The second kappa shape index (κ2) is 5.10. The summed E-state index contributed by atoms with van der Waals surface area (Å²) in [6, 6.07) is 7.74. The number of ether oxygens (including phenoxy) is 1. The van der Waals surface area contributed by atoms with Gasteiger partial charge in [0, 0.05) is 10.4 Å². The first-order valence-electron chi connectivity index (χ1n) is 5.41. The Kier molecular flexibility index (Phi) is 3.54. The molecule has 2 aromatic rings. The number of aryl methyl sites for hydroxylation is 1. The number of para-hydroxylation sites is 1. The summed E-state index contributed by atoms with van der Waals surface area (Å²) in [7, 11) is 0. The van der Waals surface area contributed by atoms with Crippen molar-refractivity contribution in [3.05, 3.63) is 34.2 Å². The molecular formula is C13H13NO2S. The molecule has 0 unspecified atom stereocenters.